The van der Waals surface area contributed by atoms with Gasteiger partial charge in [0.2, 0.25) is 5.91 Å². The van der Waals surface area contributed by atoms with Crippen LogP contribution in [0.25, 0.3) is 0 Å². The van der Waals surface area contributed by atoms with Crippen molar-refractivity contribution in [2.45, 2.75) is 25.2 Å². The summed E-state index contributed by atoms with van der Waals surface area (Å²) >= 11 is 0. The smallest absolute Gasteiger partial charge is 0.227 e. The third-order valence-electron chi connectivity index (χ3n) is 4.34. The summed E-state index contributed by atoms with van der Waals surface area (Å²) < 4.78 is 0. The Kier molecular flexibility index (Phi) is 6.89. The largest absolute Gasteiger partial charge is 0.370 e. The van der Waals surface area contributed by atoms with Crippen LogP contribution in [0.1, 0.15) is 35.7 Å². The minimum absolute atomic E-state index is 0.141. The predicted molar refractivity (Wildman–Crippen MR) is 109 cm³/mol. The topological polar surface area (TPSA) is 109 Å². The fourth-order valence-electron chi connectivity index (χ4n) is 2.97. The van der Waals surface area contributed by atoms with Gasteiger partial charge in [-0.15, -0.1) is 0 Å². The number of nitrogens with zero attached hydrogens (tertiary/aromatic N) is 3. The van der Waals surface area contributed by atoms with E-state index >= 15 is 0 Å². The lowest BCUT2D eigenvalue weighted by molar-refractivity contribution is -0.119. The monoisotopic (exact) mass is 376 g/mol. The number of carbonyl (C=O) groups excluding carboxylic acids is 1. The molecule has 7 nitrogen and oxygen atoms in total. The van der Waals surface area contributed by atoms with Gasteiger partial charge in [0.15, 0.2) is 5.96 Å². The third kappa shape index (κ3) is 5.77. The lowest BCUT2D eigenvalue weighted by Gasteiger charge is -2.16. The van der Waals surface area contributed by atoms with E-state index < -0.39 is 0 Å². The Morgan fingerprint density at radius 2 is 2.00 bits per heavy atom. The van der Waals surface area contributed by atoms with Crippen molar-refractivity contribution in [3.63, 3.8) is 0 Å². The SMILES string of the molecule is NC(=NCCCc1cnc[nH]1)NC(=O)CC(c1ccccc1)c1ccccn1. The van der Waals surface area contributed by atoms with Gasteiger partial charge in [0.25, 0.3) is 0 Å². The molecule has 0 bridgehead atoms. The van der Waals surface area contributed by atoms with Gasteiger partial charge in [-0.2, -0.15) is 0 Å². The predicted octanol–water partition coefficient (Wildman–Crippen LogP) is 2.39. The lowest BCUT2D eigenvalue weighted by atomic mass is 9.91. The molecule has 0 saturated carbocycles. The second kappa shape index (κ2) is 10.0. The Bertz CT molecular complexity index is 838. The second-order valence-corrected chi connectivity index (χ2v) is 6.42. The van der Waals surface area contributed by atoms with Crippen molar-refractivity contribution >= 4 is 11.9 Å². The first-order valence-electron chi connectivity index (χ1n) is 9.25. The van der Waals surface area contributed by atoms with Gasteiger partial charge in [-0.25, -0.2) is 4.98 Å². The van der Waals surface area contributed by atoms with Gasteiger partial charge in [-0.3, -0.25) is 20.1 Å². The molecule has 3 aromatic rings. The Morgan fingerprint density at radius 3 is 2.71 bits per heavy atom. The number of hydrogen-bond acceptors (Lipinski definition) is 4. The number of carbonyl (C=O) groups is 1. The summed E-state index contributed by atoms with van der Waals surface area (Å²) in [5, 5.41) is 2.68. The Labute approximate surface area is 164 Å². The van der Waals surface area contributed by atoms with Gasteiger partial charge in [0.05, 0.1) is 6.33 Å². The molecule has 7 heteroatoms. The van der Waals surface area contributed by atoms with Crippen LogP contribution in [-0.4, -0.2) is 33.4 Å². The van der Waals surface area contributed by atoms with Crippen LogP contribution >= 0.6 is 0 Å². The van der Waals surface area contributed by atoms with Crippen LogP contribution in [-0.2, 0) is 11.2 Å². The zero-order valence-corrected chi connectivity index (χ0v) is 15.6. The number of H-pyrrole nitrogens is 1. The third-order valence-corrected chi connectivity index (χ3v) is 4.34. The highest BCUT2D eigenvalue weighted by atomic mass is 16.1. The molecule has 0 aliphatic rings. The van der Waals surface area contributed by atoms with Crippen LogP contribution in [0, 0.1) is 0 Å². The average Bonchev–Trinajstić information content (AvgIpc) is 3.24. The van der Waals surface area contributed by atoms with Gasteiger partial charge >= 0.3 is 0 Å². The molecule has 0 saturated heterocycles. The molecule has 1 aromatic carbocycles. The van der Waals surface area contributed by atoms with Crippen molar-refractivity contribution in [2.24, 2.45) is 10.7 Å². The normalized spacial score (nSPS) is 12.5. The van der Waals surface area contributed by atoms with Gasteiger partial charge in [0, 0.05) is 42.7 Å². The van der Waals surface area contributed by atoms with E-state index in [1.807, 2.05) is 48.5 Å². The number of imidazole rings is 1. The van der Waals surface area contributed by atoms with Crippen molar-refractivity contribution in [3.05, 3.63) is 84.2 Å². The number of hydrogen-bond donors (Lipinski definition) is 3. The summed E-state index contributed by atoms with van der Waals surface area (Å²) in [5.74, 6) is -0.188. The van der Waals surface area contributed by atoms with E-state index in [1.54, 1.807) is 18.7 Å². The number of amides is 1. The lowest BCUT2D eigenvalue weighted by Crippen LogP contribution is -2.37. The summed E-state index contributed by atoms with van der Waals surface area (Å²) in [5.41, 5.74) is 8.80. The Hall–Kier alpha value is -3.48. The van der Waals surface area contributed by atoms with Gasteiger partial charge in [-0.1, -0.05) is 36.4 Å². The van der Waals surface area contributed by atoms with Crippen molar-refractivity contribution in [2.75, 3.05) is 6.54 Å². The molecule has 0 fully saturated rings. The van der Waals surface area contributed by atoms with Crippen molar-refractivity contribution in [1.82, 2.24) is 20.3 Å². The molecule has 1 atom stereocenters. The van der Waals surface area contributed by atoms with Crippen LogP contribution in [0.5, 0.6) is 0 Å². The molecule has 4 N–H and O–H groups in total. The molecular formula is C21H24N6O. The summed E-state index contributed by atoms with van der Waals surface area (Å²) in [7, 11) is 0. The standard InChI is InChI=1S/C21H24N6O/c22-21(25-12-6-9-17-14-23-15-26-17)27-20(28)13-18(16-7-2-1-3-8-16)19-10-4-5-11-24-19/h1-5,7-8,10-11,14-15,18H,6,9,12-13H2,(H,23,26)(H3,22,25,27,28). The highest BCUT2D eigenvalue weighted by molar-refractivity contribution is 5.96. The maximum atomic E-state index is 12.5. The van der Waals surface area contributed by atoms with Crippen LogP contribution in [0.15, 0.2) is 72.2 Å². The number of guanidine groups is 1. The number of aryl methyl sites for hydroxylation is 1. The number of aromatic amines is 1. The molecule has 0 aliphatic heterocycles. The van der Waals surface area contributed by atoms with Crippen LogP contribution in [0.2, 0.25) is 0 Å². The fraction of sp³-hybridized carbons (Fsp3) is 0.238. The van der Waals surface area contributed by atoms with E-state index in [0.717, 1.165) is 29.8 Å². The summed E-state index contributed by atoms with van der Waals surface area (Å²) in [6.07, 6.45) is 7.07. The molecule has 1 unspecified atom stereocenters. The molecule has 2 aromatic heterocycles. The minimum Gasteiger partial charge on any atom is -0.370 e. The number of nitrogens with two attached hydrogens (primary N) is 1. The van der Waals surface area contributed by atoms with Crippen LogP contribution in [0.3, 0.4) is 0 Å². The number of pyridine rings is 1. The van der Waals surface area contributed by atoms with Crippen molar-refractivity contribution in [1.29, 1.82) is 0 Å². The molecule has 1 amide bonds. The molecule has 144 valence electrons. The second-order valence-electron chi connectivity index (χ2n) is 6.42. The first kappa shape index (κ1) is 19.3. The zero-order chi connectivity index (χ0) is 19.6. The Morgan fingerprint density at radius 1 is 1.18 bits per heavy atom. The average molecular weight is 376 g/mol. The maximum absolute atomic E-state index is 12.5. The molecule has 2 heterocycles. The number of benzene rings is 1. The highest BCUT2D eigenvalue weighted by Crippen LogP contribution is 2.26. The molecule has 3 rings (SSSR count). The summed E-state index contributed by atoms with van der Waals surface area (Å²) in [6, 6.07) is 15.6. The van der Waals surface area contributed by atoms with E-state index in [0.29, 0.717) is 6.54 Å². The number of aliphatic imine (C=N–C) groups is 1. The molecule has 28 heavy (non-hydrogen) atoms. The minimum atomic E-state index is -0.186. The van der Waals surface area contributed by atoms with E-state index in [9.17, 15) is 4.79 Å². The maximum Gasteiger partial charge on any atom is 0.227 e. The summed E-state index contributed by atoms with van der Waals surface area (Å²) in [6.45, 7) is 0.535. The molecule has 0 aliphatic carbocycles. The molecular weight excluding hydrogens is 352 g/mol. The van der Waals surface area contributed by atoms with E-state index in [-0.39, 0.29) is 24.2 Å². The first-order valence-corrected chi connectivity index (χ1v) is 9.25. The van der Waals surface area contributed by atoms with E-state index in [2.05, 4.69) is 25.3 Å². The molecule has 0 spiro atoms. The van der Waals surface area contributed by atoms with E-state index in [4.69, 9.17) is 5.73 Å². The molecule has 0 radical (unpaired) electrons. The van der Waals surface area contributed by atoms with Gasteiger partial charge < -0.3 is 10.7 Å². The van der Waals surface area contributed by atoms with Gasteiger partial charge in [0.1, 0.15) is 0 Å². The zero-order valence-electron chi connectivity index (χ0n) is 15.6. The first-order chi connectivity index (χ1) is 13.7. The Balaban J connectivity index is 1.56. The number of nitrogens with one attached hydrogen (secondary N) is 2. The number of rotatable bonds is 8. The number of aromatic nitrogens is 3. The fourth-order valence-corrected chi connectivity index (χ4v) is 2.97. The highest BCUT2D eigenvalue weighted by Gasteiger charge is 2.19. The quantitative estimate of drug-likeness (QED) is 0.318. The van der Waals surface area contributed by atoms with E-state index in [1.165, 1.54) is 0 Å². The summed E-state index contributed by atoms with van der Waals surface area (Å²) in [4.78, 5) is 28.2. The van der Waals surface area contributed by atoms with Gasteiger partial charge in [-0.05, 0) is 30.5 Å². The van der Waals surface area contributed by atoms with Crippen molar-refractivity contribution < 1.29 is 4.79 Å². The van der Waals surface area contributed by atoms with Crippen LogP contribution in [0.4, 0.5) is 0 Å². The van der Waals surface area contributed by atoms with Crippen LogP contribution < -0.4 is 11.1 Å². The van der Waals surface area contributed by atoms with Crippen molar-refractivity contribution in [3.8, 4) is 0 Å².